The summed E-state index contributed by atoms with van der Waals surface area (Å²) in [6.07, 6.45) is 7.58. The van der Waals surface area contributed by atoms with Crippen molar-refractivity contribution in [2.45, 2.75) is 112 Å². The summed E-state index contributed by atoms with van der Waals surface area (Å²) in [5.74, 6) is 0.448. The maximum Gasteiger partial charge on any atom is 2.00 e. The van der Waals surface area contributed by atoms with Crippen molar-refractivity contribution in [3.8, 4) is 11.1 Å². The number of halogens is 2. The molecule has 38 heavy (non-hydrogen) atoms. The van der Waals surface area contributed by atoms with Crippen LogP contribution >= 0.6 is 0 Å². The van der Waals surface area contributed by atoms with E-state index in [1.165, 1.54) is 47.9 Å². The Kier molecular flexibility index (Phi) is 9.71. The quantitative estimate of drug-likeness (QED) is 0.467. The molecule has 0 fully saturated rings. The predicted octanol–water partition coefficient (Wildman–Crippen LogP) is 4.26. The molecular weight excluding hydrogens is 583 g/mol. The van der Waals surface area contributed by atoms with E-state index in [0.29, 0.717) is 5.92 Å². The van der Waals surface area contributed by atoms with Gasteiger partial charge in [0.25, 0.3) is 0 Å². The van der Waals surface area contributed by atoms with Crippen molar-refractivity contribution in [3.05, 3.63) is 81.4 Å². The van der Waals surface area contributed by atoms with Crippen molar-refractivity contribution in [1.82, 2.24) is 0 Å². The minimum absolute atomic E-state index is 0. The molecule has 2 aromatic carbocycles. The van der Waals surface area contributed by atoms with E-state index in [-0.39, 0.29) is 72.7 Å². The fraction of sp³-hybridized carbons (Fsp3) is 0.543. The zero-order chi connectivity index (χ0) is 25.6. The number of fused-ring (bicyclic) bond motifs is 3. The van der Waals surface area contributed by atoms with Crippen LogP contribution < -0.4 is 24.8 Å². The Hall–Kier alpha value is -0.617. The van der Waals surface area contributed by atoms with Crippen molar-refractivity contribution < 1.29 is 51.0 Å². The number of hydrogen-bond donors (Lipinski definition) is 0. The zero-order valence-electron chi connectivity index (χ0n) is 25.2. The van der Waals surface area contributed by atoms with E-state index in [2.05, 4.69) is 112 Å². The standard InChI is InChI=1S/C35H46.2ClH.Zr/c1-11-35(17-16-22-18-25(21-30(22)35)34(8,9)10)31-26-14-12-23(32(2,3)4)19-28(26)29-20-24(33(5,6)7)13-15-27(29)31;;;/h12-15,19-21,31H,11,16-18H2,1-10H3;2*1H;/q;;;+2/p-2. The molecule has 0 nitrogen and oxygen atoms in total. The van der Waals surface area contributed by atoms with Crippen molar-refractivity contribution in [3.63, 3.8) is 0 Å². The molecule has 0 amide bonds. The molecule has 3 heteroatoms. The van der Waals surface area contributed by atoms with Gasteiger partial charge in [0.2, 0.25) is 0 Å². The van der Waals surface area contributed by atoms with E-state index < -0.39 is 0 Å². The molecule has 2 aromatic rings. The minimum atomic E-state index is 0. The average Bonchev–Trinajstić information content (AvgIpc) is 3.42. The molecule has 0 aliphatic heterocycles. The molecule has 0 radical (unpaired) electrons. The number of hydrogen-bond acceptors (Lipinski definition) is 0. The summed E-state index contributed by atoms with van der Waals surface area (Å²) >= 11 is 0. The Morgan fingerprint density at radius 2 is 1.21 bits per heavy atom. The average molecular weight is 629 g/mol. The monoisotopic (exact) mass is 626 g/mol. The van der Waals surface area contributed by atoms with Crippen molar-refractivity contribution in [2.75, 3.05) is 0 Å². The summed E-state index contributed by atoms with van der Waals surface area (Å²) in [6.45, 7) is 23.6. The molecule has 0 saturated heterocycles. The van der Waals surface area contributed by atoms with Crippen molar-refractivity contribution in [2.24, 2.45) is 10.8 Å². The normalized spacial score (nSPS) is 20.6. The van der Waals surface area contributed by atoms with Gasteiger partial charge in [0.15, 0.2) is 0 Å². The predicted molar refractivity (Wildman–Crippen MR) is 152 cm³/mol. The van der Waals surface area contributed by atoms with E-state index in [4.69, 9.17) is 0 Å². The molecule has 0 heterocycles. The van der Waals surface area contributed by atoms with Gasteiger partial charge in [0.05, 0.1) is 0 Å². The molecule has 0 N–H and O–H groups in total. The van der Waals surface area contributed by atoms with E-state index in [1.807, 2.05) is 0 Å². The van der Waals surface area contributed by atoms with Crippen LogP contribution in [0.3, 0.4) is 0 Å². The largest absolute Gasteiger partial charge is 2.00 e. The molecule has 0 saturated carbocycles. The first-order valence-electron chi connectivity index (χ1n) is 13.9. The fourth-order valence-electron chi connectivity index (χ4n) is 7.01. The smallest absolute Gasteiger partial charge is 1.00 e. The molecule has 204 valence electrons. The van der Waals surface area contributed by atoms with Crippen LogP contribution in [0.5, 0.6) is 0 Å². The number of rotatable bonds is 2. The third-order valence-electron chi connectivity index (χ3n) is 9.41. The van der Waals surface area contributed by atoms with Gasteiger partial charge in [-0.2, -0.15) is 0 Å². The second-order valence-corrected chi connectivity index (χ2v) is 14.7. The van der Waals surface area contributed by atoms with Gasteiger partial charge >= 0.3 is 26.2 Å². The molecule has 0 bridgehead atoms. The molecule has 0 aromatic heterocycles. The van der Waals surface area contributed by atoms with Gasteiger partial charge in [-0.15, -0.1) is 0 Å². The molecule has 3 aliphatic carbocycles. The van der Waals surface area contributed by atoms with Gasteiger partial charge < -0.3 is 24.8 Å². The molecule has 1 unspecified atom stereocenters. The second-order valence-electron chi connectivity index (χ2n) is 14.7. The zero-order valence-corrected chi connectivity index (χ0v) is 29.2. The molecule has 3 aliphatic rings. The Morgan fingerprint density at radius 1 is 0.737 bits per heavy atom. The third-order valence-corrected chi connectivity index (χ3v) is 9.41. The summed E-state index contributed by atoms with van der Waals surface area (Å²) < 4.78 is 0. The fourth-order valence-corrected chi connectivity index (χ4v) is 7.01. The number of allylic oxidation sites excluding steroid dienone is 4. The van der Waals surface area contributed by atoms with E-state index >= 15 is 0 Å². The first kappa shape index (κ1) is 33.6. The van der Waals surface area contributed by atoms with Crippen LogP contribution in [0.1, 0.15) is 123 Å². The summed E-state index contributed by atoms with van der Waals surface area (Å²) in [5.41, 5.74) is 14.8. The van der Waals surface area contributed by atoms with Crippen LogP contribution in [0.25, 0.3) is 11.1 Å². The topological polar surface area (TPSA) is 0 Å². The van der Waals surface area contributed by atoms with E-state index in [9.17, 15) is 0 Å². The SMILES string of the molecule is CCC1(C2c3ccc(C(C)(C)C)cc3-c3cc(C(C)(C)C)ccc32)CCC2=C1C=C(C(C)(C)C)C2.[Cl-].[Cl-].[Zr+2]. The molecule has 5 rings (SSSR count). The van der Waals surface area contributed by atoms with Crippen molar-refractivity contribution in [1.29, 1.82) is 0 Å². The van der Waals surface area contributed by atoms with Crippen molar-refractivity contribution >= 4 is 0 Å². The Balaban J connectivity index is 0.00000169. The Morgan fingerprint density at radius 3 is 1.61 bits per heavy atom. The van der Waals surface area contributed by atoms with Gasteiger partial charge in [-0.05, 0) is 80.9 Å². The van der Waals surface area contributed by atoms with Crippen LogP contribution in [0.4, 0.5) is 0 Å². The molecular formula is C35H46Cl2Zr. The van der Waals surface area contributed by atoms with Crippen LogP contribution in [0, 0.1) is 10.8 Å². The molecule has 0 spiro atoms. The number of benzene rings is 2. The summed E-state index contributed by atoms with van der Waals surface area (Å²) in [6, 6.07) is 14.9. The van der Waals surface area contributed by atoms with Crippen LogP contribution in [-0.4, -0.2) is 0 Å². The summed E-state index contributed by atoms with van der Waals surface area (Å²) in [4.78, 5) is 0. The van der Waals surface area contributed by atoms with Crippen LogP contribution in [-0.2, 0) is 37.0 Å². The first-order chi connectivity index (χ1) is 16.2. The van der Waals surface area contributed by atoms with Crippen LogP contribution in [0.2, 0.25) is 0 Å². The Labute approximate surface area is 264 Å². The maximum atomic E-state index is 2.64. The van der Waals surface area contributed by atoms with Gasteiger partial charge in [-0.1, -0.05) is 123 Å². The van der Waals surface area contributed by atoms with Gasteiger partial charge in [0.1, 0.15) is 0 Å². The molecule has 1 atom stereocenters. The first-order valence-corrected chi connectivity index (χ1v) is 13.9. The van der Waals surface area contributed by atoms with Gasteiger partial charge in [-0.25, -0.2) is 0 Å². The minimum Gasteiger partial charge on any atom is -1.00 e. The van der Waals surface area contributed by atoms with Crippen LogP contribution in [0.15, 0.2) is 59.2 Å². The van der Waals surface area contributed by atoms with Gasteiger partial charge in [0, 0.05) is 11.3 Å². The summed E-state index contributed by atoms with van der Waals surface area (Å²) in [5, 5.41) is 0. The summed E-state index contributed by atoms with van der Waals surface area (Å²) in [7, 11) is 0. The van der Waals surface area contributed by atoms with Gasteiger partial charge in [-0.3, -0.25) is 0 Å². The third kappa shape index (κ3) is 5.35. The Bertz CT molecular complexity index is 1200. The maximum absolute atomic E-state index is 2.64. The van der Waals surface area contributed by atoms with E-state index in [1.54, 1.807) is 27.8 Å². The second kappa shape index (κ2) is 11.0. The van der Waals surface area contributed by atoms with E-state index in [0.717, 1.165) is 0 Å².